The number of hydrogen-bond donors (Lipinski definition) is 0. The van der Waals surface area contributed by atoms with Crippen LogP contribution < -0.4 is 0 Å². The molecule has 0 rings (SSSR count). The van der Waals surface area contributed by atoms with Crippen molar-refractivity contribution in [2.24, 2.45) is 0 Å². The largest absolute Gasteiger partial charge is 0.460 e. The zero-order valence-corrected chi connectivity index (χ0v) is 12.7. The number of rotatable bonds is 11. The first-order chi connectivity index (χ1) is 8.98. The van der Waals surface area contributed by atoms with Gasteiger partial charge in [0.15, 0.2) is 0 Å². The summed E-state index contributed by atoms with van der Waals surface area (Å²) in [6.07, 6.45) is 1.67. The van der Waals surface area contributed by atoms with Crippen LogP contribution in [0.3, 0.4) is 0 Å². The van der Waals surface area contributed by atoms with Crippen LogP contribution in [0.15, 0.2) is 12.7 Å². The minimum absolute atomic E-state index is 0.0230. The third-order valence-corrected chi connectivity index (χ3v) is 2.13. The quantitative estimate of drug-likeness (QED) is 0.251. The maximum atomic E-state index is 11.0. The summed E-state index contributed by atoms with van der Waals surface area (Å²) in [6.45, 7) is 6.06. The summed E-state index contributed by atoms with van der Waals surface area (Å²) in [5, 5.41) is 0. The van der Waals surface area contributed by atoms with Crippen LogP contribution in [0.25, 0.3) is 0 Å². The Hall–Kier alpha value is -0.0400. The molecule has 0 aromatic carbocycles. The normalized spacial score (nSPS) is 11.3. The number of hydrogen-bond acceptors (Lipinski definition) is 5. The highest BCUT2D eigenvalue weighted by molar-refractivity contribution is 6.75. The van der Waals surface area contributed by atoms with Crippen LogP contribution in [0.2, 0.25) is 0 Å². The Kier molecular flexibility index (Phi) is 11.7. The van der Waals surface area contributed by atoms with E-state index in [4.69, 9.17) is 49.0 Å². The van der Waals surface area contributed by atoms with E-state index < -0.39 is 9.76 Å². The Morgan fingerprint density at radius 3 is 1.89 bits per heavy atom. The molecule has 0 heterocycles. The lowest BCUT2D eigenvalue weighted by atomic mass is 10.6. The standard InChI is InChI=1S/C11H17Cl3O5/c1-2-3-16-4-5-17-6-7-18-8-9-19-10(15)11(12,13)14/h2H,1,3-9H2. The summed E-state index contributed by atoms with van der Waals surface area (Å²) < 4.78 is 18.1. The predicted octanol–water partition coefficient (Wildman–Crippen LogP) is 2.14. The van der Waals surface area contributed by atoms with Crippen LogP contribution in [0.4, 0.5) is 0 Å². The summed E-state index contributed by atoms with van der Waals surface area (Å²) in [5.74, 6) is -0.920. The summed E-state index contributed by atoms with van der Waals surface area (Å²) >= 11 is 15.9. The maximum Gasteiger partial charge on any atom is 0.358 e. The van der Waals surface area contributed by atoms with Gasteiger partial charge in [0.25, 0.3) is 3.79 Å². The van der Waals surface area contributed by atoms with E-state index >= 15 is 0 Å². The maximum absolute atomic E-state index is 11.0. The van der Waals surface area contributed by atoms with Gasteiger partial charge in [0.1, 0.15) is 6.61 Å². The number of halogens is 3. The molecule has 0 unspecified atom stereocenters. The monoisotopic (exact) mass is 334 g/mol. The van der Waals surface area contributed by atoms with Crippen molar-refractivity contribution in [3.63, 3.8) is 0 Å². The second kappa shape index (κ2) is 11.8. The molecule has 5 nitrogen and oxygen atoms in total. The highest BCUT2D eigenvalue weighted by atomic mass is 35.6. The van der Waals surface area contributed by atoms with Gasteiger partial charge >= 0.3 is 5.97 Å². The molecule has 0 N–H and O–H groups in total. The van der Waals surface area contributed by atoms with Crippen LogP contribution >= 0.6 is 34.8 Å². The molecule has 0 aromatic rings. The number of carbonyl (C=O) groups excluding carboxylic acids is 1. The van der Waals surface area contributed by atoms with E-state index in [9.17, 15) is 4.79 Å². The van der Waals surface area contributed by atoms with Crippen LogP contribution in [-0.2, 0) is 23.7 Å². The second-order valence-electron chi connectivity index (χ2n) is 3.22. The van der Waals surface area contributed by atoms with Gasteiger partial charge in [-0.15, -0.1) is 6.58 Å². The van der Waals surface area contributed by atoms with E-state index in [1.165, 1.54) is 0 Å². The Labute approximate surface area is 127 Å². The smallest absolute Gasteiger partial charge is 0.358 e. The highest BCUT2D eigenvalue weighted by Crippen LogP contribution is 2.27. The van der Waals surface area contributed by atoms with Gasteiger partial charge in [-0.1, -0.05) is 40.9 Å². The molecule has 0 aromatic heterocycles. The highest BCUT2D eigenvalue weighted by Gasteiger charge is 2.32. The van der Waals surface area contributed by atoms with Crippen LogP contribution in [0, 0.1) is 0 Å². The van der Waals surface area contributed by atoms with Crippen molar-refractivity contribution in [3.8, 4) is 0 Å². The van der Waals surface area contributed by atoms with Crippen LogP contribution in [0.1, 0.15) is 0 Å². The molecule has 0 aliphatic rings. The molecule has 0 aliphatic heterocycles. The first-order valence-electron chi connectivity index (χ1n) is 5.56. The summed E-state index contributed by atoms with van der Waals surface area (Å²) in [6, 6.07) is 0. The van der Waals surface area contributed by atoms with Gasteiger partial charge in [0.2, 0.25) is 0 Å². The fraction of sp³-hybridized carbons (Fsp3) is 0.727. The van der Waals surface area contributed by atoms with Crippen molar-refractivity contribution in [3.05, 3.63) is 12.7 Å². The minimum Gasteiger partial charge on any atom is -0.460 e. The number of alkyl halides is 3. The average molecular weight is 336 g/mol. The Balaban J connectivity index is 3.19. The van der Waals surface area contributed by atoms with E-state index in [1.54, 1.807) is 6.08 Å². The van der Waals surface area contributed by atoms with Crippen molar-refractivity contribution in [1.82, 2.24) is 0 Å². The summed E-state index contributed by atoms with van der Waals surface area (Å²) in [7, 11) is 0. The van der Waals surface area contributed by atoms with Gasteiger partial charge < -0.3 is 18.9 Å². The molecule has 0 saturated carbocycles. The van der Waals surface area contributed by atoms with Crippen molar-refractivity contribution in [2.45, 2.75) is 3.79 Å². The lowest BCUT2D eigenvalue weighted by molar-refractivity contribution is -0.144. The van der Waals surface area contributed by atoms with Crippen molar-refractivity contribution in [1.29, 1.82) is 0 Å². The molecule has 112 valence electrons. The molecule has 0 radical (unpaired) electrons. The fourth-order valence-electron chi connectivity index (χ4n) is 0.882. The lowest BCUT2D eigenvalue weighted by Crippen LogP contribution is -2.24. The molecule has 0 aliphatic carbocycles. The first-order valence-corrected chi connectivity index (χ1v) is 6.70. The molecule has 8 heteroatoms. The van der Waals surface area contributed by atoms with E-state index in [-0.39, 0.29) is 13.2 Å². The third-order valence-electron chi connectivity index (χ3n) is 1.67. The van der Waals surface area contributed by atoms with Gasteiger partial charge in [-0.2, -0.15) is 0 Å². The zero-order valence-electron chi connectivity index (χ0n) is 10.4. The molecule has 0 bridgehead atoms. The van der Waals surface area contributed by atoms with Gasteiger partial charge in [-0.05, 0) is 0 Å². The summed E-state index contributed by atoms with van der Waals surface area (Å²) in [4.78, 5) is 11.0. The van der Waals surface area contributed by atoms with Gasteiger partial charge in [-0.3, -0.25) is 0 Å². The number of ether oxygens (including phenoxy) is 4. The van der Waals surface area contributed by atoms with Gasteiger partial charge in [0.05, 0.1) is 39.6 Å². The van der Waals surface area contributed by atoms with Gasteiger partial charge in [-0.25, -0.2) is 4.79 Å². The Morgan fingerprint density at radius 2 is 1.42 bits per heavy atom. The van der Waals surface area contributed by atoms with Crippen molar-refractivity contribution < 1.29 is 23.7 Å². The molecular formula is C11H17Cl3O5. The fourth-order valence-corrected chi connectivity index (χ4v) is 1.05. The molecule has 0 amide bonds. The Bertz CT molecular complexity index is 255. The summed E-state index contributed by atoms with van der Waals surface area (Å²) in [5.41, 5.74) is 0. The Morgan fingerprint density at radius 1 is 0.947 bits per heavy atom. The average Bonchev–Trinajstić information content (AvgIpc) is 2.34. The van der Waals surface area contributed by atoms with Crippen LogP contribution in [-0.4, -0.2) is 56.0 Å². The molecule has 0 spiro atoms. The third kappa shape index (κ3) is 12.7. The van der Waals surface area contributed by atoms with E-state index in [1.807, 2.05) is 0 Å². The topological polar surface area (TPSA) is 54.0 Å². The van der Waals surface area contributed by atoms with E-state index in [0.717, 1.165) is 0 Å². The predicted molar refractivity (Wildman–Crippen MR) is 73.9 cm³/mol. The first kappa shape index (κ1) is 19.0. The molecule has 0 atom stereocenters. The zero-order chi connectivity index (χ0) is 14.6. The second-order valence-corrected chi connectivity index (χ2v) is 5.50. The SMILES string of the molecule is C=CCOCCOCCOCCOC(=O)C(Cl)(Cl)Cl. The van der Waals surface area contributed by atoms with E-state index in [2.05, 4.69) is 11.3 Å². The number of carbonyl (C=O) groups is 1. The van der Waals surface area contributed by atoms with E-state index in [0.29, 0.717) is 33.0 Å². The van der Waals surface area contributed by atoms with Crippen molar-refractivity contribution in [2.75, 3.05) is 46.2 Å². The molecule has 0 fully saturated rings. The lowest BCUT2D eigenvalue weighted by Gasteiger charge is -2.10. The number of esters is 1. The molecule has 0 saturated heterocycles. The molecular weight excluding hydrogens is 318 g/mol. The van der Waals surface area contributed by atoms with Crippen molar-refractivity contribution >= 4 is 40.8 Å². The van der Waals surface area contributed by atoms with Gasteiger partial charge in [0, 0.05) is 0 Å². The molecule has 19 heavy (non-hydrogen) atoms. The van der Waals surface area contributed by atoms with Crippen LogP contribution in [0.5, 0.6) is 0 Å². The minimum atomic E-state index is -2.05.